The summed E-state index contributed by atoms with van der Waals surface area (Å²) in [5, 5.41) is 0. The summed E-state index contributed by atoms with van der Waals surface area (Å²) in [5.74, 6) is 0. The number of nitrogen functional groups attached to an aromatic ring is 1. The van der Waals surface area contributed by atoms with Crippen LogP contribution >= 0.6 is 22.6 Å². The van der Waals surface area contributed by atoms with Gasteiger partial charge in [-0.15, -0.1) is 0 Å². The Bertz CT molecular complexity index is 329. The third-order valence-corrected chi connectivity index (χ3v) is 3.03. The Labute approximate surface area is 99.6 Å². The van der Waals surface area contributed by atoms with Gasteiger partial charge in [-0.05, 0) is 61.6 Å². The fraction of sp³-hybridized carbons (Fsp3) is 0.455. The highest BCUT2D eigenvalue weighted by Gasteiger charge is 2.18. The van der Waals surface area contributed by atoms with Crippen LogP contribution in [0.15, 0.2) is 18.2 Å². The van der Waals surface area contributed by atoms with Crippen LogP contribution in [0.2, 0.25) is 0 Å². The molecule has 0 amide bonds. The number of halogens is 1. The highest BCUT2D eigenvalue weighted by atomic mass is 127. The van der Waals surface area contributed by atoms with Gasteiger partial charge in [0.25, 0.3) is 0 Å². The van der Waals surface area contributed by atoms with Gasteiger partial charge in [-0.3, -0.25) is 0 Å². The van der Waals surface area contributed by atoms with Gasteiger partial charge in [-0.2, -0.15) is 0 Å². The van der Waals surface area contributed by atoms with Crippen LogP contribution in [0.3, 0.4) is 0 Å². The molecular formula is C11H17IN2. The minimum absolute atomic E-state index is 0.0981. The van der Waals surface area contributed by atoms with Crippen LogP contribution in [0.25, 0.3) is 0 Å². The van der Waals surface area contributed by atoms with Crippen LogP contribution in [0.4, 0.5) is 11.4 Å². The highest BCUT2D eigenvalue weighted by Crippen LogP contribution is 2.28. The lowest BCUT2D eigenvalue weighted by atomic mass is 10.1. The molecule has 0 saturated heterocycles. The molecule has 3 heteroatoms. The Morgan fingerprint density at radius 3 is 2.29 bits per heavy atom. The third kappa shape index (κ3) is 2.53. The van der Waals surface area contributed by atoms with E-state index in [1.54, 1.807) is 0 Å². The van der Waals surface area contributed by atoms with E-state index >= 15 is 0 Å². The van der Waals surface area contributed by atoms with Gasteiger partial charge in [-0.1, -0.05) is 0 Å². The average molecular weight is 304 g/mol. The van der Waals surface area contributed by atoms with Crippen LogP contribution in [0.1, 0.15) is 20.8 Å². The number of hydrogen-bond acceptors (Lipinski definition) is 2. The summed E-state index contributed by atoms with van der Waals surface area (Å²) in [6.07, 6.45) is 0. The molecule has 0 aliphatic carbocycles. The number of nitrogens with zero attached hydrogens (tertiary/aromatic N) is 1. The molecule has 0 atom stereocenters. The van der Waals surface area contributed by atoms with Crippen molar-refractivity contribution in [1.29, 1.82) is 0 Å². The van der Waals surface area contributed by atoms with Crippen molar-refractivity contribution in [2.24, 2.45) is 0 Å². The smallest absolute Gasteiger partial charge is 0.0602 e. The predicted molar refractivity (Wildman–Crippen MR) is 71.7 cm³/mol. The van der Waals surface area contributed by atoms with Crippen molar-refractivity contribution in [2.45, 2.75) is 26.3 Å². The Hall–Kier alpha value is -0.450. The van der Waals surface area contributed by atoms with Gasteiger partial charge in [0, 0.05) is 16.2 Å². The molecule has 0 spiro atoms. The molecule has 1 rings (SSSR count). The molecule has 78 valence electrons. The van der Waals surface area contributed by atoms with Crippen molar-refractivity contribution < 1.29 is 0 Å². The maximum absolute atomic E-state index is 5.97. The standard InChI is InChI=1S/C11H17IN2/c1-11(2,3)14(4)10-6-5-8(12)7-9(10)13/h5-7H,13H2,1-4H3. The van der Waals surface area contributed by atoms with E-state index in [4.69, 9.17) is 5.73 Å². The second-order valence-corrected chi connectivity index (χ2v) is 5.68. The first-order chi connectivity index (χ1) is 6.32. The summed E-state index contributed by atoms with van der Waals surface area (Å²) in [6.45, 7) is 6.51. The Morgan fingerprint density at radius 1 is 1.29 bits per heavy atom. The van der Waals surface area contributed by atoms with Crippen LogP contribution in [0, 0.1) is 3.57 Å². The van der Waals surface area contributed by atoms with Crippen molar-refractivity contribution in [3.8, 4) is 0 Å². The number of rotatable bonds is 1. The van der Waals surface area contributed by atoms with E-state index < -0.39 is 0 Å². The molecule has 0 aliphatic rings. The van der Waals surface area contributed by atoms with Crippen LogP contribution in [0.5, 0.6) is 0 Å². The van der Waals surface area contributed by atoms with Gasteiger partial charge in [-0.25, -0.2) is 0 Å². The van der Waals surface area contributed by atoms with Crippen LogP contribution < -0.4 is 10.6 Å². The van der Waals surface area contributed by atoms with Gasteiger partial charge in [0.1, 0.15) is 0 Å². The molecule has 1 aromatic carbocycles. The topological polar surface area (TPSA) is 29.3 Å². The summed E-state index contributed by atoms with van der Waals surface area (Å²) in [5.41, 5.74) is 8.01. The normalized spacial score (nSPS) is 11.5. The molecular weight excluding hydrogens is 287 g/mol. The molecule has 0 fully saturated rings. The first-order valence-electron chi connectivity index (χ1n) is 4.61. The van der Waals surface area contributed by atoms with Gasteiger partial charge < -0.3 is 10.6 Å². The third-order valence-electron chi connectivity index (χ3n) is 2.36. The highest BCUT2D eigenvalue weighted by molar-refractivity contribution is 14.1. The molecule has 1 aromatic rings. The van der Waals surface area contributed by atoms with E-state index in [1.807, 2.05) is 6.07 Å². The van der Waals surface area contributed by atoms with Crippen molar-refractivity contribution in [3.63, 3.8) is 0 Å². The summed E-state index contributed by atoms with van der Waals surface area (Å²) < 4.78 is 1.17. The minimum atomic E-state index is 0.0981. The zero-order valence-corrected chi connectivity index (χ0v) is 11.3. The number of benzene rings is 1. The van der Waals surface area contributed by atoms with Crippen molar-refractivity contribution in [2.75, 3.05) is 17.7 Å². The fourth-order valence-corrected chi connectivity index (χ4v) is 1.71. The van der Waals surface area contributed by atoms with E-state index in [-0.39, 0.29) is 5.54 Å². The van der Waals surface area contributed by atoms with E-state index in [1.165, 1.54) is 3.57 Å². The zero-order valence-electron chi connectivity index (χ0n) is 9.13. The largest absolute Gasteiger partial charge is 0.397 e. The molecule has 0 saturated carbocycles. The van der Waals surface area contributed by atoms with E-state index in [9.17, 15) is 0 Å². The summed E-state index contributed by atoms with van der Waals surface area (Å²) in [6, 6.07) is 6.15. The molecule has 0 aromatic heterocycles. The maximum atomic E-state index is 5.97. The minimum Gasteiger partial charge on any atom is -0.397 e. The molecule has 0 bridgehead atoms. The molecule has 0 unspecified atom stereocenters. The molecule has 0 heterocycles. The van der Waals surface area contributed by atoms with Crippen molar-refractivity contribution in [3.05, 3.63) is 21.8 Å². The average Bonchev–Trinajstić information content (AvgIpc) is 2.01. The Morgan fingerprint density at radius 2 is 1.86 bits per heavy atom. The van der Waals surface area contributed by atoms with Gasteiger partial charge in [0.15, 0.2) is 0 Å². The summed E-state index contributed by atoms with van der Waals surface area (Å²) >= 11 is 2.27. The van der Waals surface area contributed by atoms with Crippen molar-refractivity contribution >= 4 is 34.0 Å². The predicted octanol–water partition coefficient (Wildman–Crippen LogP) is 3.11. The van der Waals surface area contributed by atoms with E-state index in [0.29, 0.717) is 0 Å². The van der Waals surface area contributed by atoms with Crippen molar-refractivity contribution in [1.82, 2.24) is 0 Å². The van der Waals surface area contributed by atoms with Gasteiger partial charge in [0.05, 0.1) is 11.4 Å². The quantitative estimate of drug-likeness (QED) is 0.638. The SMILES string of the molecule is CN(c1ccc(I)cc1N)C(C)(C)C. The zero-order chi connectivity index (χ0) is 10.9. The second-order valence-electron chi connectivity index (χ2n) is 4.43. The summed E-state index contributed by atoms with van der Waals surface area (Å²) in [4.78, 5) is 2.19. The monoisotopic (exact) mass is 304 g/mol. The number of anilines is 2. The van der Waals surface area contributed by atoms with E-state index in [2.05, 4.69) is 67.4 Å². The molecule has 14 heavy (non-hydrogen) atoms. The van der Waals surface area contributed by atoms with Gasteiger partial charge in [0.2, 0.25) is 0 Å². The Kier molecular flexibility index (Phi) is 3.29. The summed E-state index contributed by atoms with van der Waals surface area (Å²) in [7, 11) is 2.07. The lowest BCUT2D eigenvalue weighted by Gasteiger charge is -2.34. The van der Waals surface area contributed by atoms with Crippen LogP contribution in [-0.4, -0.2) is 12.6 Å². The van der Waals surface area contributed by atoms with E-state index in [0.717, 1.165) is 11.4 Å². The molecule has 0 aliphatic heterocycles. The Balaban J connectivity index is 3.08. The molecule has 2 nitrogen and oxygen atoms in total. The lowest BCUT2D eigenvalue weighted by Crippen LogP contribution is -2.38. The number of hydrogen-bond donors (Lipinski definition) is 1. The maximum Gasteiger partial charge on any atom is 0.0602 e. The fourth-order valence-electron chi connectivity index (χ4n) is 1.19. The number of nitrogens with two attached hydrogens (primary N) is 1. The second kappa shape index (κ2) is 3.96. The molecule has 2 N–H and O–H groups in total. The van der Waals surface area contributed by atoms with Gasteiger partial charge >= 0.3 is 0 Å². The first kappa shape index (κ1) is 11.6. The lowest BCUT2D eigenvalue weighted by molar-refractivity contribution is 0.539. The first-order valence-corrected chi connectivity index (χ1v) is 5.69. The van der Waals surface area contributed by atoms with Crippen LogP contribution in [-0.2, 0) is 0 Å². The molecule has 0 radical (unpaired) electrons.